The highest BCUT2D eigenvalue weighted by Gasteiger charge is 2.49. The van der Waals surface area contributed by atoms with E-state index in [2.05, 4.69) is 17.0 Å². The molecule has 0 saturated carbocycles. The van der Waals surface area contributed by atoms with Crippen LogP contribution in [0.15, 0.2) is 24.3 Å². The van der Waals surface area contributed by atoms with Gasteiger partial charge in [0.25, 0.3) is 0 Å². The number of fused-ring (bicyclic) bond motifs is 3. The van der Waals surface area contributed by atoms with E-state index in [4.69, 9.17) is 4.74 Å². The third-order valence-electron chi connectivity index (χ3n) is 5.23. The molecule has 1 aromatic rings. The van der Waals surface area contributed by atoms with E-state index in [1.54, 1.807) is 0 Å². The number of carbonyl (C=O) groups is 1. The van der Waals surface area contributed by atoms with E-state index in [0.717, 1.165) is 38.2 Å². The molecule has 0 amide bonds. The molecule has 4 unspecified atom stereocenters. The van der Waals surface area contributed by atoms with Gasteiger partial charge in [0.15, 0.2) is 0 Å². The van der Waals surface area contributed by atoms with Crippen LogP contribution in [-0.2, 0) is 4.79 Å². The Hall–Kier alpha value is -1.55. The third kappa shape index (κ3) is 1.74. The molecule has 3 aliphatic heterocycles. The molecule has 2 saturated heterocycles. The van der Waals surface area contributed by atoms with Crippen molar-refractivity contribution in [2.45, 2.75) is 37.3 Å². The lowest BCUT2D eigenvalue weighted by Gasteiger charge is -2.25. The molecule has 4 heteroatoms. The quantitative estimate of drug-likeness (QED) is 0.916. The van der Waals surface area contributed by atoms with Gasteiger partial charge >= 0.3 is 5.97 Å². The minimum Gasteiger partial charge on any atom is -0.493 e. The third-order valence-corrected chi connectivity index (χ3v) is 5.23. The number of aliphatic carboxylic acids is 1. The topological polar surface area (TPSA) is 49.8 Å². The van der Waals surface area contributed by atoms with Crippen LogP contribution < -0.4 is 4.74 Å². The summed E-state index contributed by atoms with van der Waals surface area (Å²) in [5.41, 5.74) is 1.28. The van der Waals surface area contributed by atoms with Crippen molar-refractivity contribution in [2.24, 2.45) is 5.92 Å². The molecule has 106 valence electrons. The first kappa shape index (κ1) is 12.2. The summed E-state index contributed by atoms with van der Waals surface area (Å²) < 4.78 is 5.74. The van der Waals surface area contributed by atoms with Crippen LogP contribution >= 0.6 is 0 Å². The van der Waals surface area contributed by atoms with Crippen LogP contribution in [0.25, 0.3) is 0 Å². The van der Waals surface area contributed by atoms with Crippen LogP contribution in [0.5, 0.6) is 5.75 Å². The first-order valence-corrected chi connectivity index (χ1v) is 7.44. The van der Waals surface area contributed by atoms with Gasteiger partial charge in [-0.05, 0) is 25.3 Å². The summed E-state index contributed by atoms with van der Waals surface area (Å²) in [4.78, 5) is 13.8. The Labute approximate surface area is 118 Å². The van der Waals surface area contributed by atoms with E-state index in [1.807, 2.05) is 12.1 Å². The number of benzene rings is 1. The first-order chi connectivity index (χ1) is 9.74. The van der Waals surface area contributed by atoms with Gasteiger partial charge < -0.3 is 9.84 Å². The molecule has 4 nitrogen and oxygen atoms in total. The van der Waals surface area contributed by atoms with Crippen LogP contribution in [0.1, 0.15) is 30.7 Å². The molecule has 4 atom stereocenters. The molecule has 4 rings (SSSR count). The fourth-order valence-electron chi connectivity index (χ4n) is 4.29. The molecular formula is C16H19NO3. The standard InChI is InChI=1S/C16H19NO3/c18-16(19)13-7-11-5-6-14(13)17(11)8-10-9-20-15-4-2-1-3-12(10)15/h1-4,10-11,13-14H,5-9H2,(H,18,19). The monoisotopic (exact) mass is 273 g/mol. The molecule has 2 bridgehead atoms. The zero-order chi connectivity index (χ0) is 13.7. The zero-order valence-corrected chi connectivity index (χ0v) is 11.4. The van der Waals surface area contributed by atoms with Crippen LogP contribution in [0.4, 0.5) is 0 Å². The highest BCUT2D eigenvalue weighted by atomic mass is 16.5. The Morgan fingerprint density at radius 1 is 1.35 bits per heavy atom. The summed E-state index contributed by atoms with van der Waals surface area (Å²) in [6.45, 7) is 1.67. The van der Waals surface area contributed by atoms with Crippen molar-refractivity contribution in [2.75, 3.05) is 13.2 Å². The lowest BCUT2D eigenvalue weighted by Crippen LogP contribution is -2.36. The van der Waals surface area contributed by atoms with Gasteiger partial charge in [-0.1, -0.05) is 18.2 Å². The number of ether oxygens (including phenoxy) is 1. The second-order valence-electron chi connectivity index (χ2n) is 6.22. The predicted molar refractivity (Wildman–Crippen MR) is 73.9 cm³/mol. The smallest absolute Gasteiger partial charge is 0.308 e. The predicted octanol–water partition coefficient (Wildman–Crippen LogP) is 2.10. The van der Waals surface area contributed by atoms with Crippen LogP contribution in [0.3, 0.4) is 0 Å². The Bertz CT molecular complexity index is 544. The Morgan fingerprint density at radius 3 is 3.00 bits per heavy atom. The van der Waals surface area contributed by atoms with Gasteiger partial charge in [-0.25, -0.2) is 0 Å². The van der Waals surface area contributed by atoms with Crippen molar-refractivity contribution in [3.05, 3.63) is 29.8 Å². The van der Waals surface area contributed by atoms with Gasteiger partial charge in [0, 0.05) is 30.1 Å². The molecule has 3 heterocycles. The average molecular weight is 273 g/mol. The summed E-state index contributed by atoms with van der Waals surface area (Å²) in [6.07, 6.45) is 3.02. The number of hydrogen-bond donors (Lipinski definition) is 1. The maximum atomic E-state index is 11.3. The minimum absolute atomic E-state index is 0.161. The first-order valence-electron chi connectivity index (χ1n) is 7.44. The van der Waals surface area contributed by atoms with Gasteiger partial charge in [-0.3, -0.25) is 9.69 Å². The molecule has 0 aliphatic carbocycles. The lowest BCUT2D eigenvalue weighted by atomic mass is 9.89. The number of rotatable bonds is 3. The van der Waals surface area contributed by atoms with E-state index < -0.39 is 5.97 Å². The van der Waals surface area contributed by atoms with Crippen LogP contribution in [-0.4, -0.2) is 41.2 Å². The van der Waals surface area contributed by atoms with E-state index in [0.29, 0.717) is 12.0 Å². The molecule has 3 aliphatic rings. The van der Waals surface area contributed by atoms with Gasteiger partial charge in [0.1, 0.15) is 5.75 Å². The van der Waals surface area contributed by atoms with Crippen molar-refractivity contribution in [1.29, 1.82) is 0 Å². The van der Waals surface area contributed by atoms with Crippen molar-refractivity contribution >= 4 is 5.97 Å². The summed E-state index contributed by atoms with van der Waals surface area (Å²) in [5.74, 6) is 0.609. The summed E-state index contributed by atoms with van der Waals surface area (Å²) >= 11 is 0. The second-order valence-corrected chi connectivity index (χ2v) is 6.22. The molecule has 0 radical (unpaired) electrons. The lowest BCUT2D eigenvalue weighted by molar-refractivity contribution is -0.142. The summed E-state index contributed by atoms with van der Waals surface area (Å²) in [7, 11) is 0. The minimum atomic E-state index is -0.620. The Kier molecular flexibility index (Phi) is 2.74. The number of hydrogen-bond acceptors (Lipinski definition) is 3. The molecule has 1 aromatic carbocycles. The molecule has 2 fully saturated rings. The van der Waals surface area contributed by atoms with Crippen LogP contribution in [0.2, 0.25) is 0 Å². The summed E-state index contributed by atoms with van der Waals surface area (Å²) in [5, 5.41) is 9.32. The highest BCUT2D eigenvalue weighted by molar-refractivity contribution is 5.71. The van der Waals surface area contributed by atoms with E-state index in [9.17, 15) is 9.90 Å². The molecule has 0 aromatic heterocycles. The highest BCUT2D eigenvalue weighted by Crippen LogP contribution is 2.44. The van der Waals surface area contributed by atoms with E-state index >= 15 is 0 Å². The van der Waals surface area contributed by atoms with E-state index in [-0.39, 0.29) is 12.0 Å². The fraction of sp³-hybridized carbons (Fsp3) is 0.562. The Morgan fingerprint density at radius 2 is 2.20 bits per heavy atom. The maximum absolute atomic E-state index is 11.3. The van der Waals surface area contributed by atoms with E-state index in [1.165, 1.54) is 5.56 Å². The zero-order valence-electron chi connectivity index (χ0n) is 11.4. The van der Waals surface area contributed by atoms with Crippen molar-refractivity contribution < 1.29 is 14.6 Å². The summed E-state index contributed by atoms with van der Waals surface area (Å²) in [6, 6.07) is 8.92. The molecule has 0 spiro atoms. The maximum Gasteiger partial charge on any atom is 0.308 e. The molecule has 20 heavy (non-hydrogen) atoms. The van der Waals surface area contributed by atoms with Gasteiger partial charge in [0.05, 0.1) is 12.5 Å². The average Bonchev–Trinajstić information content (AvgIpc) is 3.13. The normalized spacial score (nSPS) is 35.0. The number of nitrogens with zero attached hydrogens (tertiary/aromatic N) is 1. The van der Waals surface area contributed by atoms with Crippen molar-refractivity contribution in [3.63, 3.8) is 0 Å². The second kappa shape index (κ2) is 4.48. The molecule has 1 N–H and O–H groups in total. The molecular weight excluding hydrogens is 254 g/mol. The Balaban J connectivity index is 1.52. The van der Waals surface area contributed by atoms with Gasteiger partial charge in [0.2, 0.25) is 0 Å². The number of carboxylic acid groups (broad SMARTS) is 1. The fourth-order valence-corrected chi connectivity index (χ4v) is 4.29. The SMILES string of the molecule is O=C(O)C1CC2CCC1N2CC1COc2ccccc21. The van der Waals surface area contributed by atoms with Crippen LogP contribution in [0, 0.1) is 5.92 Å². The van der Waals surface area contributed by atoms with Gasteiger partial charge in [-0.2, -0.15) is 0 Å². The number of para-hydroxylation sites is 1. The largest absolute Gasteiger partial charge is 0.493 e. The van der Waals surface area contributed by atoms with Crippen molar-refractivity contribution in [1.82, 2.24) is 4.90 Å². The van der Waals surface area contributed by atoms with Gasteiger partial charge in [-0.15, -0.1) is 0 Å². The number of carboxylic acids is 1. The van der Waals surface area contributed by atoms with Crippen molar-refractivity contribution in [3.8, 4) is 5.75 Å².